The number of nitrogens with one attached hydrogen (secondary N) is 1. The van der Waals surface area contributed by atoms with E-state index in [4.69, 9.17) is 14.6 Å². The minimum Gasteiger partial charge on any atom is -0.394 e. The molecule has 0 unspecified atom stereocenters. The van der Waals surface area contributed by atoms with Crippen molar-refractivity contribution < 1.29 is 19.4 Å². The second-order valence-corrected chi connectivity index (χ2v) is 4.17. The van der Waals surface area contributed by atoms with E-state index in [-0.39, 0.29) is 12.5 Å². The van der Waals surface area contributed by atoms with E-state index in [2.05, 4.69) is 25.2 Å². The van der Waals surface area contributed by atoms with E-state index < -0.39 is 0 Å². The van der Waals surface area contributed by atoms with Crippen LogP contribution >= 0.6 is 0 Å². The summed E-state index contributed by atoms with van der Waals surface area (Å²) >= 11 is 0. The lowest BCUT2D eigenvalue weighted by atomic mass is 10.2. The molecule has 0 heterocycles. The molecule has 0 bridgehead atoms. The number of carbonyl (C=O) groups excluding carboxylic acids is 1. The van der Waals surface area contributed by atoms with Gasteiger partial charge in [-0.25, -0.2) is 0 Å². The zero-order valence-corrected chi connectivity index (χ0v) is 11.4. The highest BCUT2D eigenvalue weighted by Gasteiger charge is 1.99. The SMILES string of the molecule is CC(C)/C=C/CNC(=O)CCOCCOCCO. The molecular weight excluding hydrogens is 234 g/mol. The van der Waals surface area contributed by atoms with Gasteiger partial charge in [-0.15, -0.1) is 0 Å². The first kappa shape index (κ1) is 17.1. The van der Waals surface area contributed by atoms with Crippen LogP contribution in [0.15, 0.2) is 12.2 Å². The Kier molecular flexibility index (Phi) is 11.9. The van der Waals surface area contributed by atoms with Crippen LogP contribution in [-0.2, 0) is 14.3 Å². The molecule has 0 aliphatic carbocycles. The van der Waals surface area contributed by atoms with Gasteiger partial charge in [-0.3, -0.25) is 4.79 Å². The van der Waals surface area contributed by atoms with Crippen LogP contribution in [0.25, 0.3) is 0 Å². The quantitative estimate of drug-likeness (QED) is 0.424. The zero-order valence-electron chi connectivity index (χ0n) is 11.4. The highest BCUT2D eigenvalue weighted by Crippen LogP contribution is 1.92. The highest BCUT2D eigenvalue weighted by molar-refractivity contribution is 5.76. The van der Waals surface area contributed by atoms with Gasteiger partial charge in [0.15, 0.2) is 0 Å². The maximum atomic E-state index is 11.3. The molecule has 18 heavy (non-hydrogen) atoms. The van der Waals surface area contributed by atoms with Gasteiger partial charge in [0.2, 0.25) is 5.91 Å². The van der Waals surface area contributed by atoms with Gasteiger partial charge in [-0.05, 0) is 5.92 Å². The van der Waals surface area contributed by atoms with Gasteiger partial charge < -0.3 is 19.9 Å². The number of aliphatic hydroxyl groups is 1. The molecule has 0 fully saturated rings. The van der Waals surface area contributed by atoms with Gasteiger partial charge in [-0.2, -0.15) is 0 Å². The Labute approximate surface area is 109 Å². The van der Waals surface area contributed by atoms with Crippen LogP contribution < -0.4 is 5.32 Å². The lowest BCUT2D eigenvalue weighted by molar-refractivity contribution is -0.122. The molecule has 5 nitrogen and oxygen atoms in total. The first-order chi connectivity index (χ1) is 8.66. The standard InChI is InChI=1S/C13H25NO4/c1-12(2)4-3-6-14-13(16)5-8-17-10-11-18-9-7-15/h3-4,12,15H,5-11H2,1-2H3,(H,14,16)/b4-3+. The molecular formula is C13H25NO4. The number of carbonyl (C=O) groups is 1. The smallest absolute Gasteiger partial charge is 0.222 e. The third-order valence-electron chi connectivity index (χ3n) is 2.02. The Morgan fingerprint density at radius 1 is 1.22 bits per heavy atom. The maximum absolute atomic E-state index is 11.3. The molecule has 2 N–H and O–H groups in total. The van der Waals surface area contributed by atoms with Crippen molar-refractivity contribution in [2.45, 2.75) is 20.3 Å². The predicted octanol–water partition coefficient (Wildman–Crippen LogP) is 0.730. The van der Waals surface area contributed by atoms with Crippen LogP contribution in [0.2, 0.25) is 0 Å². The second kappa shape index (κ2) is 12.5. The van der Waals surface area contributed by atoms with Gasteiger partial charge in [0.1, 0.15) is 0 Å². The Morgan fingerprint density at radius 3 is 2.50 bits per heavy atom. The van der Waals surface area contributed by atoms with Crippen LogP contribution in [0.5, 0.6) is 0 Å². The minimum atomic E-state index is -0.0142. The van der Waals surface area contributed by atoms with E-state index in [1.807, 2.05) is 6.08 Å². The molecule has 0 aromatic carbocycles. The van der Waals surface area contributed by atoms with Crippen molar-refractivity contribution in [2.75, 3.05) is 39.6 Å². The van der Waals surface area contributed by atoms with Gasteiger partial charge in [-0.1, -0.05) is 26.0 Å². The van der Waals surface area contributed by atoms with Crippen molar-refractivity contribution in [1.29, 1.82) is 0 Å². The van der Waals surface area contributed by atoms with E-state index in [0.29, 0.717) is 45.3 Å². The normalized spacial score (nSPS) is 11.3. The fraction of sp³-hybridized carbons (Fsp3) is 0.769. The summed E-state index contributed by atoms with van der Waals surface area (Å²) in [4.78, 5) is 11.3. The average Bonchev–Trinajstić information content (AvgIpc) is 2.33. The molecule has 5 heteroatoms. The molecule has 0 saturated carbocycles. The van der Waals surface area contributed by atoms with Crippen molar-refractivity contribution in [3.05, 3.63) is 12.2 Å². The van der Waals surface area contributed by atoms with Crippen molar-refractivity contribution in [2.24, 2.45) is 5.92 Å². The number of ether oxygens (including phenoxy) is 2. The number of rotatable bonds is 11. The van der Waals surface area contributed by atoms with E-state index in [0.717, 1.165) is 0 Å². The van der Waals surface area contributed by atoms with Gasteiger partial charge >= 0.3 is 0 Å². The van der Waals surface area contributed by atoms with Crippen molar-refractivity contribution >= 4 is 5.91 Å². The second-order valence-electron chi connectivity index (χ2n) is 4.17. The van der Waals surface area contributed by atoms with Crippen molar-refractivity contribution in [3.63, 3.8) is 0 Å². The van der Waals surface area contributed by atoms with Crippen LogP contribution in [0, 0.1) is 5.92 Å². The number of hydrogen-bond donors (Lipinski definition) is 2. The fourth-order valence-electron chi connectivity index (χ4n) is 1.15. The summed E-state index contributed by atoms with van der Waals surface area (Å²) < 4.78 is 10.2. The summed E-state index contributed by atoms with van der Waals surface area (Å²) in [5.74, 6) is 0.490. The molecule has 0 rings (SSSR count). The Balaban J connectivity index is 3.27. The molecule has 0 saturated heterocycles. The molecule has 0 aromatic heterocycles. The monoisotopic (exact) mass is 259 g/mol. The number of amides is 1. The molecule has 0 aliphatic rings. The molecule has 0 aliphatic heterocycles. The summed E-state index contributed by atoms with van der Waals surface area (Å²) in [5.41, 5.74) is 0. The first-order valence-corrected chi connectivity index (χ1v) is 6.36. The van der Waals surface area contributed by atoms with E-state index in [1.54, 1.807) is 0 Å². The van der Waals surface area contributed by atoms with E-state index in [9.17, 15) is 4.79 Å². The molecule has 1 amide bonds. The molecule has 0 aromatic rings. The number of aliphatic hydroxyl groups excluding tert-OH is 1. The number of allylic oxidation sites excluding steroid dienone is 1. The first-order valence-electron chi connectivity index (χ1n) is 6.36. The number of hydrogen-bond acceptors (Lipinski definition) is 4. The van der Waals surface area contributed by atoms with E-state index in [1.165, 1.54) is 0 Å². The Hall–Kier alpha value is -0.910. The third kappa shape index (κ3) is 13.2. The summed E-state index contributed by atoms with van der Waals surface area (Å²) in [6.45, 7) is 6.37. The van der Waals surface area contributed by atoms with E-state index >= 15 is 0 Å². The average molecular weight is 259 g/mol. The van der Waals surface area contributed by atoms with Crippen LogP contribution in [0.4, 0.5) is 0 Å². The zero-order chi connectivity index (χ0) is 13.6. The van der Waals surface area contributed by atoms with Crippen molar-refractivity contribution in [3.8, 4) is 0 Å². The maximum Gasteiger partial charge on any atom is 0.222 e. The summed E-state index contributed by atoms with van der Waals surface area (Å²) in [5, 5.41) is 11.2. The van der Waals surface area contributed by atoms with Gasteiger partial charge in [0.05, 0.1) is 33.0 Å². The third-order valence-corrected chi connectivity index (χ3v) is 2.02. The minimum absolute atomic E-state index is 0.0142. The molecule has 0 radical (unpaired) electrons. The van der Waals surface area contributed by atoms with Crippen LogP contribution in [-0.4, -0.2) is 50.6 Å². The Bertz CT molecular complexity index is 229. The van der Waals surface area contributed by atoms with Gasteiger partial charge in [0, 0.05) is 13.0 Å². The van der Waals surface area contributed by atoms with Crippen LogP contribution in [0.3, 0.4) is 0 Å². The van der Waals surface area contributed by atoms with Gasteiger partial charge in [0.25, 0.3) is 0 Å². The predicted molar refractivity (Wildman–Crippen MR) is 70.3 cm³/mol. The molecule has 0 spiro atoms. The molecule has 0 atom stereocenters. The highest BCUT2D eigenvalue weighted by atomic mass is 16.5. The summed E-state index contributed by atoms with van der Waals surface area (Å²) in [7, 11) is 0. The largest absolute Gasteiger partial charge is 0.394 e. The Morgan fingerprint density at radius 2 is 1.89 bits per heavy atom. The fourth-order valence-corrected chi connectivity index (χ4v) is 1.15. The van der Waals surface area contributed by atoms with Crippen molar-refractivity contribution in [1.82, 2.24) is 5.32 Å². The summed E-state index contributed by atoms with van der Waals surface area (Å²) in [6, 6.07) is 0. The lowest BCUT2D eigenvalue weighted by Crippen LogP contribution is -2.24. The lowest BCUT2D eigenvalue weighted by Gasteiger charge is -2.05. The van der Waals surface area contributed by atoms with Crippen LogP contribution in [0.1, 0.15) is 20.3 Å². The summed E-state index contributed by atoms with van der Waals surface area (Å²) in [6.07, 6.45) is 4.36. The topological polar surface area (TPSA) is 67.8 Å². The molecule has 106 valence electrons.